The number of phenols is 1. The van der Waals surface area contributed by atoms with Gasteiger partial charge in [0.05, 0.1) is 24.2 Å². The third-order valence-electron chi connectivity index (χ3n) is 8.96. The summed E-state index contributed by atoms with van der Waals surface area (Å²) in [5.41, 5.74) is -0.714. The molecule has 4 aromatic rings. The molecular weight excluding hydrogens is 567 g/mol. The van der Waals surface area contributed by atoms with Crippen molar-refractivity contribution < 1.29 is 31.8 Å². The number of phenolic OH excluding ortho intramolecular Hbond substituents is 1. The Bertz CT molecular complexity index is 1800. The van der Waals surface area contributed by atoms with E-state index in [1.165, 1.54) is 41.3 Å². The average molecular weight is 595 g/mol. The molecule has 0 saturated carbocycles. The predicted molar refractivity (Wildman–Crippen MR) is 153 cm³/mol. The van der Waals surface area contributed by atoms with Crippen LogP contribution in [0.2, 0.25) is 0 Å². The van der Waals surface area contributed by atoms with Crippen molar-refractivity contribution >= 4 is 27.5 Å². The lowest BCUT2D eigenvalue weighted by molar-refractivity contribution is 0.107. The minimum absolute atomic E-state index is 0.0316. The molecule has 43 heavy (non-hydrogen) atoms. The van der Waals surface area contributed by atoms with Crippen molar-refractivity contribution in [1.82, 2.24) is 14.9 Å². The number of nitrogens with zero attached hydrogens (tertiary/aromatic N) is 4. The normalized spacial score (nSPS) is 25.5. The highest BCUT2D eigenvalue weighted by Gasteiger charge is 2.49. The molecule has 7 rings (SSSR count). The van der Waals surface area contributed by atoms with Crippen LogP contribution in [0.4, 0.5) is 27.8 Å². The van der Waals surface area contributed by atoms with Crippen LogP contribution in [0.1, 0.15) is 24.8 Å². The van der Waals surface area contributed by atoms with Crippen molar-refractivity contribution in [3.05, 3.63) is 53.6 Å². The van der Waals surface area contributed by atoms with Gasteiger partial charge in [0.2, 0.25) is 0 Å². The molecule has 1 N–H and O–H groups in total. The molecule has 4 heterocycles. The van der Waals surface area contributed by atoms with Crippen molar-refractivity contribution in [2.45, 2.75) is 43.3 Å². The van der Waals surface area contributed by atoms with E-state index in [1.807, 2.05) is 0 Å². The second-order valence-electron chi connectivity index (χ2n) is 11.6. The zero-order valence-corrected chi connectivity index (χ0v) is 23.0. The average Bonchev–Trinajstić information content (AvgIpc) is 3.62. The largest absolute Gasteiger partial charge is 0.508 e. The first-order valence-electron chi connectivity index (χ1n) is 14.1. The van der Waals surface area contributed by atoms with Gasteiger partial charge in [-0.15, -0.1) is 6.42 Å². The van der Waals surface area contributed by atoms with Gasteiger partial charge in [-0.3, -0.25) is 4.90 Å². The molecule has 3 aliphatic rings. The summed E-state index contributed by atoms with van der Waals surface area (Å²) in [6, 6.07) is 8.01. The quantitative estimate of drug-likeness (QED) is 0.231. The molecule has 0 radical (unpaired) electrons. The van der Waals surface area contributed by atoms with Crippen LogP contribution in [0.3, 0.4) is 0 Å². The summed E-state index contributed by atoms with van der Waals surface area (Å²) in [5, 5.41) is 11.3. The van der Waals surface area contributed by atoms with Crippen LogP contribution >= 0.6 is 0 Å². The van der Waals surface area contributed by atoms with E-state index in [1.54, 1.807) is 0 Å². The number of hydrogen-bond acceptors (Lipinski definition) is 6. The summed E-state index contributed by atoms with van der Waals surface area (Å²) < 4.78 is 80.2. The summed E-state index contributed by atoms with van der Waals surface area (Å²) in [5.74, 6) is 0.705. The minimum Gasteiger partial charge on any atom is -0.508 e. The first-order chi connectivity index (χ1) is 20.7. The first kappa shape index (κ1) is 27.7. The zero-order valence-electron chi connectivity index (χ0n) is 23.0. The van der Waals surface area contributed by atoms with E-state index in [0.717, 1.165) is 19.4 Å². The fourth-order valence-electron chi connectivity index (χ4n) is 6.96. The number of alkyl halides is 3. The molecule has 0 aliphatic carbocycles. The molecule has 3 aliphatic heterocycles. The topological polar surface area (TPSA) is 61.7 Å². The number of ether oxygens (including phenoxy) is 1. The number of anilines is 1. The van der Waals surface area contributed by atoms with Crippen LogP contribution in [0.15, 0.2) is 36.4 Å². The van der Waals surface area contributed by atoms with Gasteiger partial charge in [0.15, 0.2) is 18.2 Å². The smallest absolute Gasteiger partial charge is 0.319 e. The van der Waals surface area contributed by atoms with Gasteiger partial charge in [-0.25, -0.2) is 22.0 Å². The maximum Gasteiger partial charge on any atom is 0.319 e. The van der Waals surface area contributed by atoms with Gasteiger partial charge in [0.25, 0.3) is 0 Å². The summed E-state index contributed by atoms with van der Waals surface area (Å²) in [6.45, 7) is 0.540. The van der Waals surface area contributed by atoms with Gasteiger partial charge in [-0.1, -0.05) is 18.1 Å². The van der Waals surface area contributed by atoms with E-state index < -0.39 is 35.7 Å². The molecule has 6 nitrogen and oxygen atoms in total. The standard InChI is InChI=1S/C32H27F5N4O2/c1-2-20-24(34)7-4-17-10-19(42)11-23(27(17)20)21-5-6-22-29(28(21)37)38-31(39-30(22)40-14-25(35)26(36)15-40)43-16-32-8-3-9-41(32)13-18(33)12-32/h1,4-7,10-11,18,25-26,42H,3,8-9,12-16H2/t18?,25-,26+,32-/m0/s1. The Morgan fingerprint density at radius 1 is 1.02 bits per heavy atom. The number of fused-ring (bicyclic) bond motifs is 3. The third-order valence-corrected chi connectivity index (χ3v) is 8.96. The minimum atomic E-state index is -1.75. The van der Waals surface area contributed by atoms with Gasteiger partial charge in [-0.05, 0) is 54.6 Å². The second-order valence-corrected chi connectivity index (χ2v) is 11.6. The summed E-state index contributed by atoms with van der Waals surface area (Å²) >= 11 is 0. The van der Waals surface area contributed by atoms with Gasteiger partial charge >= 0.3 is 6.01 Å². The Kier molecular flexibility index (Phi) is 6.58. The van der Waals surface area contributed by atoms with Crippen LogP contribution in [-0.2, 0) is 0 Å². The van der Waals surface area contributed by atoms with E-state index in [0.29, 0.717) is 18.4 Å². The highest BCUT2D eigenvalue weighted by molar-refractivity contribution is 6.04. The number of hydrogen-bond donors (Lipinski definition) is 1. The van der Waals surface area contributed by atoms with Gasteiger partial charge < -0.3 is 14.7 Å². The van der Waals surface area contributed by atoms with Crippen molar-refractivity contribution in [1.29, 1.82) is 0 Å². The molecular formula is C32H27F5N4O2. The maximum atomic E-state index is 16.6. The summed E-state index contributed by atoms with van der Waals surface area (Å²) in [7, 11) is 0. The van der Waals surface area contributed by atoms with Crippen molar-refractivity contribution in [2.75, 3.05) is 37.7 Å². The number of terminal acetylenes is 1. The third kappa shape index (κ3) is 4.50. The molecule has 3 saturated heterocycles. The van der Waals surface area contributed by atoms with Gasteiger partial charge in [0, 0.05) is 29.3 Å². The number of aromatic hydroxyl groups is 1. The lowest BCUT2D eigenvalue weighted by Crippen LogP contribution is -2.43. The molecule has 0 bridgehead atoms. The van der Waals surface area contributed by atoms with E-state index >= 15 is 4.39 Å². The Morgan fingerprint density at radius 2 is 1.81 bits per heavy atom. The molecule has 0 amide bonds. The Labute approximate surface area is 244 Å². The highest BCUT2D eigenvalue weighted by Crippen LogP contribution is 2.42. The van der Waals surface area contributed by atoms with Crippen molar-refractivity contribution in [3.8, 4) is 35.2 Å². The van der Waals surface area contributed by atoms with Gasteiger partial charge in [0.1, 0.15) is 35.7 Å². The summed E-state index contributed by atoms with van der Waals surface area (Å²) in [6.07, 6.45) is 3.04. The van der Waals surface area contributed by atoms with Crippen LogP contribution < -0.4 is 9.64 Å². The number of rotatable bonds is 5. The number of aromatic nitrogens is 2. The molecule has 11 heteroatoms. The monoisotopic (exact) mass is 594 g/mol. The predicted octanol–water partition coefficient (Wildman–Crippen LogP) is 5.87. The van der Waals surface area contributed by atoms with Crippen molar-refractivity contribution in [2.24, 2.45) is 0 Å². The van der Waals surface area contributed by atoms with Crippen LogP contribution in [0.5, 0.6) is 11.8 Å². The van der Waals surface area contributed by atoms with E-state index in [-0.39, 0.29) is 70.3 Å². The Balaban J connectivity index is 1.38. The number of halogens is 5. The Hall–Kier alpha value is -4.17. The molecule has 3 fully saturated rings. The lowest BCUT2D eigenvalue weighted by atomic mass is 9.93. The summed E-state index contributed by atoms with van der Waals surface area (Å²) in [4.78, 5) is 12.3. The molecule has 1 unspecified atom stereocenters. The molecule has 222 valence electrons. The first-order valence-corrected chi connectivity index (χ1v) is 14.1. The van der Waals surface area contributed by atoms with E-state index in [9.17, 15) is 22.7 Å². The molecule has 3 aromatic carbocycles. The van der Waals surface area contributed by atoms with Gasteiger partial charge in [-0.2, -0.15) is 9.97 Å². The van der Waals surface area contributed by atoms with E-state index in [4.69, 9.17) is 11.2 Å². The van der Waals surface area contributed by atoms with Crippen LogP contribution in [0, 0.1) is 24.0 Å². The van der Waals surface area contributed by atoms with Crippen LogP contribution in [0.25, 0.3) is 32.8 Å². The fraction of sp³-hybridized carbons (Fsp3) is 0.375. The van der Waals surface area contributed by atoms with Crippen molar-refractivity contribution in [3.63, 3.8) is 0 Å². The maximum absolute atomic E-state index is 16.6. The molecule has 1 aromatic heterocycles. The molecule has 4 atom stereocenters. The zero-order chi connectivity index (χ0) is 30.0. The number of benzene rings is 3. The van der Waals surface area contributed by atoms with Crippen LogP contribution in [-0.4, -0.2) is 76.8 Å². The fourth-order valence-corrected chi connectivity index (χ4v) is 6.96. The highest BCUT2D eigenvalue weighted by atomic mass is 19.2. The van der Waals surface area contributed by atoms with E-state index in [2.05, 4.69) is 20.8 Å². The second kappa shape index (κ2) is 10.2. The SMILES string of the molecule is C#Cc1c(F)ccc2cc(O)cc(-c3ccc4c(N5C[C@@H](F)[C@@H](F)C5)nc(OC[C@@]56CCCN5CC(F)C6)nc4c3F)c12. The Morgan fingerprint density at radius 3 is 2.58 bits per heavy atom. The lowest BCUT2D eigenvalue weighted by Gasteiger charge is -2.31. The molecule has 0 spiro atoms.